The second-order valence-corrected chi connectivity index (χ2v) is 6.72. The molecule has 0 bridgehead atoms. The quantitative estimate of drug-likeness (QED) is 0.788. The fourth-order valence-corrected chi connectivity index (χ4v) is 3.56. The van der Waals surface area contributed by atoms with Crippen molar-refractivity contribution in [1.29, 1.82) is 0 Å². The molecule has 0 radical (unpaired) electrons. The Kier molecular flexibility index (Phi) is 5.20. The number of thiocarbonyl (C=S) groups is 1. The van der Waals surface area contributed by atoms with Crippen LogP contribution in [0.5, 0.6) is 5.75 Å². The summed E-state index contributed by atoms with van der Waals surface area (Å²) < 4.78 is 16.8. The van der Waals surface area contributed by atoms with Gasteiger partial charge in [0.1, 0.15) is 15.7 Å². The molecular weight excluding hydrogens is 334 g/mol. The summed E-state index contributed by atoms with van der Waals surface area (Å²) >= 11 is 6.91. The molecule has 122 valence electrons. The van der Waals surface area contributed by atoms with Gasteiger partial charge in [-0.3, -0.25) is 4.79 Å². The predicted octanol–water partition coefficient (Wildman–Crippen LogP) is 2.65. The lowest BCUT2D eigenvalue weighted by Crippen LogP contribution is -2.38. The van der Waals surface area contributed by atoms with E-state index in [1.807, 2.05) is 0 Å². The van der Waals surface area contributed by atoms with E-state index in [2.05, 4.69) is 4.90 Å². The molecule has 0 N–H and O–H groups in total. The Morgan fingerprint density at radius 3 is 2.91 bits per heavy atom. The van der Waals surface area contributed by atoms with Crippen LogP contribution in [0.25, 0.3) is 11.0 Å². The summed E-state index contributed by atoms with van der Waals surface area (Å²) in [6, 6.07) is 5.22. The van der Waals surface area contributed by atoms with E-state index < -0.39 is 0 Å². The zero-order chi connectivity index (χ0) is 16.2. The summed E-state index contributed by atoms with van der Waals surface area (Å²) in [7, 11) is 1.57. The summed E-state index contributed by atoms with van der Waals surface area (Å²) in [6.07, 6.45) is 1.52. The molecule has 7 heteroatoms. The highest BCUT2D eigenvalue weighted by Gasteiger charge is 2.15. The van der Waals surface area contributed by atoms with Crippen molar-refractivity contribution in [3.05, 3.63) is 40.2 Å². The van der Waals surface area contributed by atoms with E-state index in [-0.39, 0.29) is 5.43 Å². The first kappa shape index (κ1) is 16.3. The fraction of sp³-hybridized carbons (Fsp3) is 0.375. The van der Waals surface area contributed by atoms with Crippen LogP contribution in [0.15, 0.2) is 33.7 Å². The van der Waals surface area contributed by atoms with Gasteiger partial charge in [-0.2, -0.15) is 0 Å². The molecule has 3 rings (SSSR count). The smallest absolute Gasteiger partial charge is 0.196 e. The fourth-order valence-electron chi connectivity index (χ4n) is 2.35. The van der Waals surface area contributed by atoms with Gasteiger partial charge in [0.25, 0.3) is 0 Å². The van der Waals surface area contributed by atoms with Crippen LogP contribution in [0, 0.1) is 0 Å². The number of benzene rings is 1. The number of nitrogens with zero attached hydrogens (tertiary/aromatic N) is 1. The number of methoxy groups -OCH3 is 1. The Bertz CT molecular complexity index is 768. The molecule has 5 nitrogen and oxygen atoms in total. The molecule has 1 aliphatic heterocycles. The Morgan fingerprint density at radius 1 is 1.39 bits per heavy atom. The molecule has 23 heavy (non-hydrogen) atoms. The highest BCUT2D eigenvalue weighted by molar-refractivity contribution is 8.22. The second kappa shape index (κ2) is 7.33. The first-order chi connectivity index (χ1) is 11.2. The molecule has 0 saturated carbocycles. The minimum atomic E-state index is -0.0394. The predicted molar refractivity (Wildman–Crippen MR) is 95.3 cm³/mol. The third kappa shape index (κ3) is 3.68. The van der Waals surface area contributed by atoms with Gasteiger partial charge < -0.3 is 18.8 Å². The van der Waals surface area contributed by atoms with E-state index in [1.165, 1.54) is 18.0 Å². The van der Waals surface area contributed by atoms with Crippen LogP contribution in [0.3, 0.4) is 0 Å². The van der Waals surface area contributed by atoms with E-state index in [1.54, 1.807) is 25.3 Å². The van der Waals surface area contributed by atoms with E-state index in [0.717, 1.165) is 17.4 Å². The van der Waals surface area contributed by atoms with Gasteiger partial charge in [0.2, 0.25) is 0 Å². The summed E-state index contributed by atoms with van der Waals surface area (Å²) in [6.45, 7) is 2.99. The molecule has 1 aromatic heterocycles. The number of hydrogen-bond acceptors (Lipinski definition) is 6. The van der Waals surface area contributed by atoms with E-state index in [0.29, 0.717) is 41.2 Å². The van der Waals surface area contributed by atoms with Crippen molar-refractivity contribution in [1.82, 2.24) is 4.90 Å². The average molecular weight is 351 g/mol. The van der Waals surface area contributed by atoms with Crippen molar-refractivity contribution in [2.24, 2.45) is 0 Å². The van der Waals surface area contributed by atoms with E-state index in [9.17, 15) is 4.79 Å². The number of ether oxygens (including phenoxy) is 2. The maximum atomic E-state index is 12.6. The van der Waals surface area contributed by atoms with Crippen molar-refractivity contribution in [3.8, 4) is 5.75 Å². The molecule has 2 heterocycles. The topological polar surface area (TPSA) is 51.9 Å². The summed E-state index contributed by atoms with van der Waals surface area (Å²) in [5.41, 5.74) is 1.12. The molecule has 1 fully saturated rings. The molecule has 0 atom stereocenters. The maximum absolute atomic E-state index is 12.6. The summed E-state index contributed by atoms with van der Waals surface area (Å²) in [5.74, 6) is 1.13. The van der Waals surface area contributed by atoms with Gasteiger partial charge in [-0.25, -0.2) is 0 Å². The summed E-state index contributed by atoms with van der Waals surface area (Å²) in [5, 5.41) is 0.528. The molecule has 0 aliphatic carbocycles. The molecular formula is C16H17NO4S2. The Balaban J connectivity index is 1.76. The third-order valence-corrected chi connectivity index (χ3v) is 5.24. The van der Waals surface area contributed by atoms with Gasteiger partial charge in [0, 0.05) is 24.4 Å². The SMILES string of the molecule is COc1ccc2occ(CSC(=S)N3CCOCC3)c(=O)c2c1. The summed E-state index contributed by atoms with van der Waals surface area (Å²) in [4.78, 5) is 14.7. The minimum Gasteiger partial charge on any atom is -0.497 e. The Hall–Kier alpha value is -1.57. The van der Waals surface area contributed by atoms with Crippen LogP contribution in [-0.2, 0) is 10.5 Å². The van der Waals surface area contributed by atoms with Crippen molar-refractivity contribution < 1.29 is 13.9 Å². The number of thioether (sulfide) groups is 1. The molecule has 1 aliphatic rings. The Morgan fingerprint density at radius 2 is 2.17 bits per heavy atom. The number of rotatable bonds is 3. The lowest BCUT2D eigenvalue weighted by Gasteiger charge is -2.28. The Labute approximate surface area is 143 Å². The first-order valence-electron chi connectivity index (χ1n) is 7.27. The van der Waals surface area contributed by atoms with Crippen molar-refractivity contribution >= 4 is 39.3 Å². The number of hydrogen-bond donors (Lipinski definition) is 0. The molecule has 0 unspecified atom stereocenters. The van der Waals surface area contributed by atoms with Crippen molar-refractivity contribution in [2.75, 3.05) is 33.4 Å². The van der Waals surface area contributed by atoms with Gasteiger partial charge in [-0.1, -0.05) is 24.0 Å². The normalized spacial score (nSPS) is 14.9. The van der Waals surface area contributed by atoms with Gasteiger partial charge >= 0.3 is 0 Å². The van der Waals surface area contributed by atoms with Gasteiger partial charge in [0.05, 0.1) is 32.0 Å². The monoisotopic (exact) mass is 351 g/mol. The highest BCUT2D eigenvalue weighted by Crippen LogP contribution is 2.21. The maximum Gasteiger partial charge on any atom is 0.196 e. The van der Waals surface area contributed by atoms with Crippen LogP contribution in [0.1, 0.15) is 5.56 Å². The zero-order valence-electron chi connectivity index (χ0n) is 12.7. The van der Waals surface area contributed by atoms with Gasteiger partial charge in [0.15, 0.2) is 5.43 Å². The molecule has 2 aromatic rings. The molecule has 1 saturated heterocycles. The van der Waals surface area contributed by atoms with Gasteiger partial charge in [-0.15, -0.1) is 0 Å². The lowest BCUT2D eigenvalue weighted by atomic mass is 10.2. The van der Waals surface area contributed by atoms with Crippen LogP contribution < -0.4 is 10.2 Å². The zero-order valence-corrected chi connectivity index (χ0v) is 14.4. The minimum absolute atomic E-state index is 0.0394. The third-order valence-electron chi connectivity index (χ3n) is 3.67. The van der Waals surface area contributed by atoms with E-state index in [4.69, 9.17) is 26.1 Å². The standard InChI is InChI=1S/C16H17NO4S2/c1-19-12-2-3-14-13(8-12)15(18)11(9-21-14)10-23-16(22)17-4-6-20-7-5-17/h2-3,8-9H,4-7,10H2,1H3. The van der Waals surface area contributed by atoms with Crippen LogP contribution in [0.2, 0.25) is 0 Å². The first-order valence-corrected chi connectivity index (χ1v) is 8.66. The second-order valence-electron chi connectivity index (χ2n) is 5.11. The number of morpholine rings is 1. The van der Waals surface area contributed by atoms with Crippen LogP contribution in [-0.4, -0.2) is 42.6 Å². The lowest BCUT2D eigenvalue weighted by molar-refractivity contribution is 0.0702. The molecule has 1 aromatic carbocycles. The van der Waals surface area contributed by atoms with Crippen LogP contribution >= 0.6 is 24.0 Å². The molecule has 0 spiro atoms. The number of fused-ring (bicyclic) bond motifs is 1. The highest BCUT2D eigenvalue weighted by atomic mass is 32.2. The molecule has 0 amide bonds. The van der Waals surface area contributed by atoms with Gasteiger partial charge in [-0.05, 0) is 18.2 Å². The van der Waals surface area contributed by atoms with E-state index >= 15 is 0 Å². The van der Waals surface area contributed by atoms with Crippen molar-refractivity contribution in [3.63, 3.8) is 0 Å². The largest absolute Gasteiger partial charge is 0.497 e. The average Bonchev–Trinajstić information content (AvgIpc) is 2.61. The van der Waals surface area contributed by atoms with Crippen LogP contribution in [0.4, 0.5) is 0 Å². The van der Waals surface area contributed by atoms with Crippen molar-refractivity contribution in [2.45, 2.75) is 5.75 Å².